The summed E-state index contributed by atoms with van der Waals surface area (Å²) in [5.41, 5.74) is 2.50. The highest BCUT2D eigenvalue weighted by molar-refractivity contribution is 5.75. The van der Waals surface area contributed by atoms with Crippen molar-refractivity contribution in [3.05, 3.63) is 35.4 Å². The Labute approximate surface area is 97.6 Å². The van der Waals surface area contributed by atoms with E-state index in [9.17, 15) is 4.79 Å². The molecule has 0 aliphatic carbocycles. The lowest BCUT2D eigenvalue weighted by molar-refractivity contribution is -0.118. The van der Waals surface area contributed by atoms with Crippen molar-refractivity contribution >= 4 is 5.78 Å². The van der Waals surface area contributed by atoms with E-state index in [0.717, 1.165) is 0 Å². The molecule has 0 spiro atoms. The molecule has 0 amide bonds. The van der Waals surface area contributed by atoms with Gasteiger partial charge in [-0.25, -0.2) is 0 Å². The minimum Gasteiger partial charge on any atom is -0.376 e. The first-order valence-corrected chi connectivity index (χ1v) is 5.75. The molecule has 0 heterocycles. The van der Waals surface area contributed by atoms with Gasteiger partial charge in [-0.15, -0.1) is 0 Å². The fourth-order valence-electron chi connectivity index (χ4n) is 1.45. The van der Waals surface area contributed by atoms with E-state index in [1.54, 1.807) is 6.92 Å². The van der Waals surface area contributed by atoms with Gasteiger partial charge in [0.25, 0.3) is 0 Å². The summed E-state index contributed by atoms with van der Waals surface area (Å²) in [6, 6.07) is 8.40. The van der Waals surface area contributed by atoms with Crippen molar-refractivity contribution < 1.29 is 9.53 Å². The summed E-state index contributed by atoms with van der Waals surface area (Å²) in [6.07, 6.45) is 0.504. The van der Waals surface area contributed by atoms with E-state index in [2.05, 4.69) is 38.1 Å². The van der Waals surface area contributed by atoms with Gasteiger partial charge in [-0.05, 0) is 24.0 Å². The number of ketones is 1. The standard InChI is InChI=1S/C14H20O2/c1-11(2)14-6-4-5-13(9-14)10-16-8-7-12(3)15/h4-6,9,11H,7-8,10H2,1-3H3. The zero-order valence-corrected chi connectivity index (χ0v) is 10.3. The molecule has 0 fully saturated rings. The fraction of sp³-hybridized carbons (Fsp3) is 0.500. The first kappa shape index (κ1) is 12.9. The number of hydrogen-bond acceptors (Lipinski definition) is 2. The van der Waals surface area contributed by atoms with Crippen molar-refractivity contribution in [3.8, 4) is 0 Å². The molecule has 0 aromatic heterocycles. The Balaban J connectivity index is 2.42. The number of carbonyl (C=O) groups excluding carboxylic acids is 1. The molecule has 2 heteroatoms. The SMILES string of the molecule is CC(=O)CCOCc1cccc(C(C)C)c1. The van der Waals surface area contributed by atoms with Gasteiger partial charge in [-0.2, -0.15) is 0 Å². The highest BCUT2D eigenvalue weighted by Crippen LogP contribution is 2.15. The lowest BCUT2D eigenvalue weighted by Crippen LogP contribution is -2.01. The molecule has 1 rings (SSSR count). The van der Waals surface area contributed by atoms with E-state index in [1.807, 2.05) is 0 Å². The summed E-state index contributed by atoms with van der Waals surface area (Å²) in [7, 11) is 0. The predicted octanol–water partition coefficient (Wildman–Crippen LogP) is 3.31. The van der Waals surface area contributed by atoms with Crippen molar-refractivity contribution in [1.82, 2.24) is 0 Å². The van der Waals surface area contributed by atoms with Gasteiger partial charge < -0.3 is 4.74 Å². The molecule has 16 heavy (non-hydrogen) atoms. The predicted molar refractivity (Wildman–Crippen MR) is 65.5 cm³/mol. The molecule has 0 aliphatic rings. The average molecular weight is 220 g/mol. The summed E-state index contributed by atoms with van der Waals surface area (Å²) in [4.78, 5) is 10.7. The molecular weight excluding hydrogens is 200 g/mol. The Morgan fingerprint density at radius 2 is 2.12 bits per heavy atom. The molecule has 0 radical (unpaired) electrons. The van der Waals surface area contributed by atoms with Gasteiger partial charge in [0.2, 0.25) is 0 Å². The monoisotopic (exact) mass is 220 g/mol. The zero-order valence-electron chi connectivity index (χ0n) is 10.3. The smallest absolute Gasteiger partial charge is 0.132 e. The van der Waals surface area contributed by atoms with Gasteiger partial charge >= 0.3 is 0 Å². The van der Waals surface area contributed by atoms with Gasteiger partial charge in [0.15, 0.2) is 0 Å². The largest absolute Gasteiger partial charge is 0.376 e. The lowest BCUT2D eigenvalue weighted by Gasteiger charge is -2.08. The van der Waals surface area contributed by atoms with E-state index in [1.165, 1.54) is 11.1 Å². The number of carbonyl (C=O) groups is 1. The average Bonchev–Trinajstić information content (AvgIpc) is 2.24. The topological polar surface area (TPSA) is 26.3 Å². The second-order valence-corrected chi connectivity index (χ2v) is 4.40. The summed E-state index contributed by atoms with van der Waals surface area (Å²) >= 11 is 0. The van der Waals surface area contributed by atoms with E-state index in [0.29, 0.717) is 25.6 Å². The quantitative estimate of drug-likeness (QED) is 0.687. The van der Waals surface area contributed by atoms with E-state index >= 15 is 0 Å². The van der Waals surface area contributed by atoms with E-state index in [4.69, 9.17) is 4.74 Å². The fourth-order valence-corrected chi connectivity index (χ4v) is 1.45. The van der Waals surface area contributed by atoms with Crippen LogP contribution in [0.25, 0.3) is 0 Å². The number of rotatable bonds is 6. The summed E-state index contributed by atoms with van der Waals surface area (Å²) in [5.74, 6) is 0.716. The molecule has 1 aromatic rings. The van der Waals surface area contributed by atoms with Crippen LogP contribution in [-0.2, 0) is 16.1 Å². The van der Waals surface area contributed by atoms with Gasteiger partial charge in [0, 0.05) is 6.42 Å². The molecule has 1 aromatic carbocycles. The summed E-state index contributed by atoms with van der Waals surface area (Å²) in [6.45, 7) is 7.04. The molecule has 0 unspecified atom stereocenters. The third kappa shape index (κ3) is 4.58. The maximum Gasteiger partial charge on any atom is 0.132 e. The lowest BCUT2D eigenvalue weighted by atomic mass is 10.0. The van der Waals surface area contributed by atoms with Crippen molar-refractivity contribution in [2.75, 3.05) is 6.61 Å². The van der Waals surface area contributed by atoms with Crippen LogP contribution in [0.3, 0.4) is 0 Å². The minimum absolute atomic E-state index is 0.177. The number of benzene rings is 1. The molecule has 88 valence electrons. The maximum absolute atomic E-state index is 10.7. The van der Waals surface area contributed by atoms with Gasteiger partial charge in [-0.3, -0.25) is 4.79 Å². The van der Waals surface area contributed by atoms with Gasteiger partial charge in [0.05, 0.1) is 13.2 Å². The van der Waals surface area contributed by atoms with Crippen molar-refractivity contribution in [3.63, 3.8) is 0 Å². The van der Waals surface area contributed by atoms with Crippen molar-refractivity contribution in [1.29, 1.82) is 0 Å². The third-order valence-electron chi connectivity index (χ3n) is 2.48. The number of Topliss-reactive ketones (excluding diaryl/α,β-unsaturated/α-hetero) is 1. The molecule has 0 saturated heterocycles. The van der Waals surface area contributed by atoms with Crippen LogP contribution in [0, 0.1) is 0 Å². The molecule has 0 aliphatic heterocycles. The highest BCUT2D eigenvalue weighted by atomic mass is 16.5. The molecule has 0 atom stereocenters. The van der Waals surface area contributed by atoms with Crippen LogP contribution in [0.5, 0.6) is 0 Å². The summed E-state index contributed by atoms with van der Waals surface area (Å²) < 4.78 is 5.44. The zero-order chi connectivity index (χ0) is 12.0. The van der Waals surface area contributed by atoms with Gasteiger partial charge in [0.1, 0.15) is 5.78 Å². The molecule has 0 saturated carbocycles. The van der Waals surface area contributed by atoms with E-state index < -0.39 is 0 Å². The number of hydrogen-bond donors (Lipinski definition) is 0. The van der Waals surface area contributed by atoms with Crippen molar-refractivity contribution in [2.24, 2.45) is 0 Å². The summed E-state index contributed by atoms with van der Waals surface area (Å²) in [5, 5.41) is 0. The maximum atomic E-state index is 10.7. The van der Waals surface area contributed by atoms with Crippen LogP contribution in [0.15, 0.2) is 24.3 Å². The molecular formula is C14H20O2. The third-order valence-corrected chi connectivity index (χ3v) is 2.48. The molecule has 0 bridgehead atoms. The molecule has 2 nitrogen and oxygen atoms in total. The first-order valence-electron chi connectivity index (χ1n) is 5.75. The normalized spacial score (nSPS) is 10.8. The Kier molecular flexibility index (Phi) is 5.20. The Bertz CT molecular complexity index is 342. The van der Waals surface area contributed by atoms with Crippen LogP contribution in [0.4, 0.5) is 0 Å². The second kappa shape index (κ2) is 6.44. The van der Waals surface area contributed by atoms with Crippen LogP contribution >= 0.6 is 0 Å². The first-order chi connectivity index (χ1) is 7.59. The second-order valence-electron chi connectivity index (χ2n) is 4.40. The Morgan fingerprint density at radius 3 is 2.75 bits per heavy atom. The van der Waals surface area contributed by atoms with Crippen LogP contribution < -0.4 is 0 Å². The van der Waals surface area contributed by atoms with Crippen LogP contribution in [-0.4, -0.2) is 12.4 Å². The van der Waals surface area contributed by atoms with Crippen LogP contribution in [0.1, 0.15) is 44.2 Å². The van der Waals surface area contributed by atoms with Crippen molar-refractivity contribution in [2.45, 2.75) is 39.7 Å². The Morgan fingerprint density at radius 1 is 1.38 bits per heavy atom. The molecule has 0 N–H and O–H groups in total. The highest BCUT2D eigenvalue weighted by Gasteiger charge is 2.00. The minimum atomic E-state index is 0.177. The van der Waals surface area contributed by atoms with Crippen LogP contribution in [0.2, 0.25) is 0 Å². The Hall–Kier alpha value is -1.15. The number of ether oxygens (including phenoxy) is 1. The van der Waals surface area contributed by atoms with E-state index in [-0.39, 0.29) is 5.78 Å². The van der Waals surface area contributed by atoms with Gasteiger partial charge in [-0.1, -0.05) is 38.1 Å².